The lowest BCUT2D eigenvalue weighted by atomic mass is 9.92. The molecule has 2 aromatic rings. The summed E-state index contributed by atoms with van der Waals surface area (Å²) in [7, 11) is 0. The van der Waals surface area contributed by atoms with Crippen molar-refractivity contribution >= 4 is 10.9 Å². The number of aromatic amines is 1. The van der Waals surface area contributed by atoms with Crippen molar-refractivity contribution in [2.45, 2.75) is 57.2 Å². The van der Waals surface area contributed by atoms with Crippen LogP contribution in [0.25, 0.3) is 10.9 Å². The summed E-state index contributed by atoms with van der Waals surface area (Å²) in [5, 5.41) is 10.3. The van der Waals surface area contributed by atoms with Crippen LogP contribution >= 0.6 is 0 Å². The Bertz CT molecular complexity index is 813. The third kappa shape index (κ3) is 4.26. The number of fused-ring (bicyclic) bond motifs is 1. The molecule has 5 nitrogen and oxygen atoms in total. The first-order chi connectivity index (χ1) is 13.2. The van der Waals surface area contributed by atoms with Gasteiger partial charge in [-0.05, 0) is 31.4 Å². The zero-order valence-electron chi connectivity index (χ0n) is 16.1. The van der Waals surface area contributed by atoms with E-state index in [2.05, 4.69) is 14.8 Å². The van der Waals surface area contributed by atoms with Crippen molar-refractivity contribution < 1.29 is 5.11 Å². The minimum absolute atomic E-state index is 0.0899. The number of aromatic nitrogens is 1. The zero-order chi connectivity index (χ0) is 18.6. The van der Waals surface area contributed by atoms with Crippen LogP contribution in [-0.4, -0.2) is 58.2 Å². The Kier molecular flexibility index (Phi) is 5.91. The average molecular weight is 370 g/mol. The predicted octanol–water partition coefficient (Wildman–Crippen LogP) is 2.73. The molecule has 2 N–H and O–H groups in total. The monoisotopic (exact) mass is 369 g/mol. The SMILES string of the molecule is O=c1cc(CN2CCN(C3CCCCC3)C(CCO)C2)[nH]c2ccccc12. The maximum absolute atomic E-state index is 12.4. The van der Waals surface area contributed by atoms with E-state index in [9.17, 15) is 9.90 Å². The highest BCUT2D eigenvalue weighted by molar-refractivity contribution is 5.78. The number of pyridine rings is 1. The van der Waals surface area contributed by atoms with Crippen molar-refractivity contribution in [3.63, 3.8) is 0 Å². The first-order valence-electron chi connectivity index (χ1n) is 10.4. The summed E-state index contributed by atoms with van der Waals surface area (Å²) in [5.41, 5.74) is 1.98. The number of hydrogen-bond acceptors (Lipinski definition) is 4. The van der Waals surface area contributed by atoms with E-state index in [1.165, 1.54) is 32.1 Å². The number of aliphatic hydroxyl groups is 1. The molecule has 1 aromatic heterocycles. The Morgan fingerprint density at radius 1 is 1.11 bits per heavy atom. The van der Waals surface area contributed by atoms with Crippen LogP contribution in [0.15, 0.2) is 35.1 Å². The lowest BCUT2D eigenvalue weighted by Gasteiger charge is -2.46. The van der Waals surface area contributed by atoms with Crippen LogP contribution in [0.5, 0.6) is 0 Å². The fourth-order valence-electron chi connectivity index (χ4n) is 4.95. The van der Waals surface area contributed by atoms with E-state index in [-0.39, 0.29) is 12.0 Å². The third-order valence-corrected chi connectivity index (χ3v) is 6.31. The average Bonchev–Trinajstić information content (AvgIpc) is 2.69. The van der Waals surface area contributed by atoms with Gasteiger partial charge in [0.05, 0.1) is 0 Å². The maximum atomic E-state index is 12.4. The number of benzene rings is 1. The van der Waals surface area contributed by atoms with Gasteiger partial charge in [0.2, 0.25) is 0 Å². The number of rotatable bonds is 5. The molecule has 5 heteroatoms. The van der Waals surface area contributed by atoms with E-state index >= 15 is 0 Å². The molecule has 4 rings (SSSR count). The van der Waals surface area contributed by atoms with Crippen LogP contribution in [-0.2, 0) is 6.54 Å². The molecular weight excluding hydrogens is 338 g/mol. The second-order valence-corrected chi connectivity index (χ2v) is 8.14. The van der Waals surface area contributed by atoms with Crippen LogP contribution < -0.4 is 5.43 Å². The molecular formula is C22H31N3O2. The van der Waals surface area contributed by atoms with Gasteiger partial charge in [-0.3, -0.25) is 14.6 Å². The van der Waals surface area contributed by atoms with E-state index in [0.29, 0.717) is 12.1 Å². The van der Waals surface area contributed by atoms with Gasteiger partial charge in [0, 0.05) is 67.5 Å². The van der Waals surface area contributed by atoms with Crippen LogP contribution in [0.3, 0.4) is 0 Å². The first kappa shape index (κ1) is 18.7. The van der Waals surface area contributed by atoms with Crippen LogP contribution in [0, 0.1) is 0 Å². The van der Waals surface area contributed by atoms with Gasteiger partial charge in [-0.15, -0.1) is 0 Å². The number of nitrogens with zero attached hydrogens (tertiary/aromatic N) is 2. The maximum Gasteiger partial charge on any atom is 0.189 e. The first-order valence-corrected chi connectivity index (χ1v) is 10.4. The lowest BCUT2D eigenvalue weighted by molar-refractivity contribution is 0.0133. The van der Waals surface area contributed by atoms with Crippen molar-refractivity contribution in [2.24, 2.45) is 0 Å². The van der Waals surface area contributed by atoms with Crippen molar-refractivity contribution in [1.29, 1.82) is 0 Å². The number of para-hydroxylation sites is 1. The van der Waals surface area contributed by atoms with E-state index in [1.54, 1.807) is 6.07 Å². The van der Waals surface area contributed by atoms with Crippen LogP contribution in [0.1, 0.15) is 44.2 Å². The molecule has 1 saturated carbocycles. The Hall–Kier alpha value is -1.69. The van der Waals surface area contributed by atoms with Gasteiger partial charge in [-0.25, -0.2) is 0 Å². The fourth-order valence-corrected chi connectivity index (χ4v) is 4.95. The number of nitrogens with one attached hydrogen (secondary N) is 1. The number of hydrogen-bond donors (Lipinski definition) is 2. The molecule has 1 unspecified atom stereocenters. The Morgan fingerprint density at radius 3 is 2.74 bits per heavy atom. The minimum Gasteiger partial charge on any atom is -0.396 e. The largest absolute Gasteiger partial charge is 0.396 e. The summed E-state index contributed by atoms with van der Waals surface area (Å²) in [6.07, 6.45) is 7.50. The van der Waals surface area contributed by atoms with Gasteiger partial charge in [0.25, 0.3) is 0 Å². The molecule has 1 saturated heterocycles. The zero-order valence-corrected chi connectivity index (χ0v) is 16.1. The molecule has 27 heavy (non-hydrogen) atoms. The summed E-state index contributed by atoms with van der Waals surface area (Å²) < 4.78 is 0. The topological polar surface area (TPSA) is 59.6 Å². The van der Waals surface area contributed by atoms with Crippen molar-refractivity contribution in [2.75, 3.05) is 26.2 Å². The normalized spacial score (nSPS) is 23.1. The van der Waals surface area contributed by atoms with Gasteiger partial charge >= 0.3 is 0 Å². The molecule has 2 aliphatic rings. The molecule has 0 amide bonds. The quantitative estimate of drug-likeness (QED) is 0.851. The van der Waals surface area contributed by atoms with Crippen molar-refractivity contribution in [1.82, 2.24) is 14.8 Å². The van der Waals surface area contributed by atoms with E-state index in [0.717, 1.165) is 49.2 Å². The van der Waals surface area contributed by atoms with Crippen molar-refractivity contribution in [3.8, 4) is 0 Å². The second-order valence-electron chi connectivity index (χ2n) is 8.14. The van der Waals surface area contributed by atoms with E-state index in [4.69, 9.17) is 0 Å². The number of piperazine rings is 1. The highest BCUT2D eigenvalue weighted by Crippen LogP contribution is 2.27. The smallest absolute Gasteiger partial charge is 0.189 e. The molecule has 1 aromatic carbocycles. The Balaban J connectivity index is 1.46. The highest BCUT2D eigenvalue weighted by atomic mass is 16.3. The molecule has 1 aliphatic heterocycles. The molecule has 0 bridgehead atoms. The lowest BCUT2D eigenvalue weighted by Crippen LogP contribution is -2.56. The highest BCUT2D eigenvalue weighted by Gasteiger charge is 2.32. The fraction of sp³-hybridized carbons (Fsp3) is 0.591. The van der Waals surface area contributed by atoms with Gasteiger partial charge in [0.15, 0.2) is 5.43 Å². The van der Waals surface area contributed by atoms with E-state index < -0.39 is 0 Å². The number of H-pyrrole nitrogens is 1. The third-order valence-electron chi connectivity index (χ3n) is 6.31. The second kappa shape index (κ2) is 8.55. The van der Waals surface area contributed by atoms with Gasteiger partial charge in [0.1, 0.15) is 0 Å². The molecule has 1 aliphatic carbocycles. The molecule has 2 heterocycles. The molecule has 0 spiro atoms. The summed E-state index contributed by atoms with van der Waals surface area (Å²) in [4.78, 5) is 20.9. The molecule has 0 radical (unpaired) electrons. The molecule has 1 atom stereocenters. The Morgan fingerprint density at radius 2 is 1.93 bits per heavy atom. The summed E-state index contributed by atoms with van der Waals surface area (Å²) in [6, 6.07) is 10.6. The molecule has 146 valence electrons. The summed E-state index contributed by atoms with van der Waals surface area (Å²) in [5.74, 6) is 0. The predicted molar refractivity (Wildman–Crippen MR) is 109 cm³/mol. The van der Waals surface area contributed by atoms with E-state index in [1.807, 2.05) is 24.3 Å². The van der Waals surface area contributed by atoms with Crippen molar-refractivity contribution in [3.05, 3.63) is 46.2 Å². The number of aliphatic hydroxyl groups excluding tert-OH is 1. The van der Waals surface area contributed by atoms with Gasteiger partial charge in [-0.2, -0.15) is 0 Å². The minimum atomic E-state index is 0.0899. The Labute approximate surface area is 161 Å². The van der Waals surface area contributed by atoms with Gasteiger partial charge in [-0.1, -0.05) is 31.4 Å². The standard InChI is InChI=1S/C22H31N3O2/c26-13-10-19-16-24(11-12-25(19)18-6-2-1-3-7-18)15-17-14-22(27)20-8-4-5-9-21(20)23-17/h4-5,8-9,14,18-19,26H,1-3,6-7,10-13,15-16H2,(H,23,27). The molecule has 2 fully saturated rings. The van der Waals surface area contributed by atoms with Crippen LogP contribution in [0.2, 0.25) is 0 Å². The summed E-state index contributed by atoms with van der Waals surface area (Å²) >= 11 is 0. The van der Waals surface area contributed by atoms with Crippen LogP contribution in [0.4, 0.5) is 0 Å². The van der Waals surface area contributed by atoms with Gasteiger partial charge < -0.3 is 10.1 Å². The summed E-state index contributed by atoms with van der Waals surface area (Å²) in [6.45, 7) is 4.06.